The Morgan fingerprint density at radius 3 is 2.65 bits per heavy atom. The Morgan fingerprint density at radius 2 is 2.24 bits per heavy atom. The largest absolute Gasteiger partial charge is 0.394 e. The highest BCUT2D eigenvalue weighted by molar-refractivity contribution is 7.17. The van der Waals surface area contributed by atoms with Gasteiger partial charge >= 0.3 is 0 Å². The van der Waals surface area contributed by atoms with Crippen molar-refractivity contribution in [2.45, 2.75) is 33.2 Å². The molecule has 1 rings (SSSR count). The Kier molecular flexibility index (Phi) is 4.89. The van der Waals surface area contributed by atoms with Crippen LogP contribution in [0.15, 0.2) is 0 Å². The molecule has 1 heterocycles. The molecule has 0 aliphatic carbocycles. The Hall–Kier alpha value is -1.14. The first kappa shape index (κ1) is 13.9. The number of amides is 1. The van der Waals surface area contributed by atoms with Gasteiger partial charge in [-0.1, -0.05) is 25.2 Å². The Bertz CT molecular complexity index is 390. The zero-order valence-corrected chi connectivity index (χ0v) is 11.2. The number of nitrogen functional groups attached to an aromatic ring is 1. The van der Waals surface area contributed by atoms with E-state index in [0.717, 1.165) is 6.42 Å². The molecule has 4 N–H and O–H groups in total. The monoisotopic (exact) mass is 257 g/mol. The topological polar surface area (TPSA) is 88.2 Å². The number of aliphatic hydroxyl groups excluding tert-OH is 1. The van der Waals surface area contributed by atoms with E-state index in [1.165, 1.54) is 11.3 Å². The van der Waals surface area contributed by atoms with Gasteiger partial charge in [-0.2, -0.15) is 0 Å². The quantitative estimate of drug-likeness (QED) is 0.739. The number of nitrogens with zero attached hydrogens (tertiary/aromatic N) is 1. The number of hydrogen-bond donors (Lipinski definition) is 3. The molecule has 1 amide bonds. The minimum absolute atomic E-state index is 0.0583. The number of carbonyl (C=O) groups excluding carboxylic acids is 1. The Morgan fingerprint density at radius 1 is 1.59 bits per heavy atom. The van der Waals surface area contributed by atoms with Gasteiger partial charge in [0, 0.05) is 0 Å². The van der Waals surface area contributed by atoms with Crippen LogP contribution in [0.3, 0.4) is 0 Å². The van der Waals surface area contributed by atoms with Crippen LogP contribution in [-0.2, 0) is 0 Å². The molecule has 17 heavy (non-hydrogen) atoms. The van der Waals surface area contributed by atoms with E-state index < -0.39 is 0 Å². The molecule has 0 bridgehead atoms. The van der Waals surface area contributed by atoms with E-state index in [0.29, 0.717) is 21.6 Å². The van der Waals surface area contributed by atoms with Crippen molar-refractivity contribution in [3.05, 3.63) is 10.6 Å². The van der Waals surface area contributed by atoms with Gasteiger partial charge in [-0.15, -0.1) is 0 Å². The van der Waals surface area contributed by atoms with E-state index in [4.69, 9.17) is 5.73 Å². The van der Waals surface area contributed by atoms with Crippen LogP contribution in [0, 0.1) is 12.8 Å². The molecule has 6 heteroatoms. The minimum atomic E-state index is -0.217. The molecule has 1 unspecified atom stereocenters. The maximum absolute atomic E-state index is 11.9. The molecular formula is C11H19N3O2S. The highest BCUT2D eigenvalue weighted by Gasteiger charge is 2.18. The summed E-state index contributed by atoms with van der Waals surface area (Å²) in [5, 5.41) is 12.4. The minimum Gasteiger partial charge on any atom is -0.394 e. The smallest absolute Gasteiger partial charge is 0.263 e. The normalized spacial score (nSPS) is 12.8. The number of thiazole rings is 1. The molecule has 96 valence electrons. The van der Waals surface area contributed by atoms with E-state index >= 15 is 0 Å². The predicted octanol–water partition coefficient (Wildman–Crippen LogP) is 1.17. The number of anilines is 1. The van der Waals surface area contributed by atoms with Gasteiger partial charge in [-0.05, 0) is 19.3 Å². The van der Waals surface area contributed by atoms with Gasteiger partial charge in [-0.3, -0.25) is 4.79 Å². The lowest BCUT2D eigenvalue weighted by atomic mass is 10.0. The third-order valence-corrected chi connectivity index (χ3v) is 3.32. The van der Waals surface area contributed by atoms with Gasteiger partial charge in [0.2, 0.25) is 0 Å². The van der Waals surface area contributed by atoms with E-state index in [1.54, 1.807) is 6.92 Å². The van der Waals surface area contributed by atoms with Crippen molar-refractivity contribution >= 4 is 22.4 Å². The van der Waals surface area contributed by atoms with Crippen molar-refractivity contribution in [1.82, 2.24) is 10.3 Å². The second-order valence-corrected chi connectivity index (χ2v) is 5.48. The fraction of sp³-hybridized carbons (Fsp3) is 0.636. The van der Waals surface area contributed by atoms with E-state index in [1.807, 2.05) is 13.8 Å². The van der Waals surface area contributed by atoms with Crippen LogP contribution in [0.25, 0.3) is 0 Å². The summed E-state index contributed by atoms with van der Waals surface area (Å²) in [6.07, 6.45) is 0.746. The van der Waals surface area contributed by atoms with Crippen molar-refractivity contribution in [1.29, 1.82) is 0 Å². The maximum Gasteiger partial charge on any atom is 0.263 e. The average Bonchev–Trinajstić information content (AvgIpc) is 2.56. The SMILES string of the molecule is Cc1nc(N)sc1C(=O)NC(CO)CC(C)C. The summed E-state index contributed by atoms with van der Waals surface area (Å²) in [4.78, 5) is 16.4. The highest BCUT2D eigenvalue weighted by atomic mass is 32.1. The van der Waals surface area contributed by atoms with E-state index in [2.05, 4.69) is 10.3 Å². The number of aromatic nitrogens is 1. The summed E-state index contributed by atoms with van der Waals surface area (Å²) in [5.41, 5.74) is 6.17. The van der Waals surface area contributed by atoms with Crippen LogP contribution >= 0.6 is 11.3 Å². The standard InChI is InChI=1S/C11H19N3O2S/c1-6(2)4-8(5-15)14-10(16)9-7(3)13-11(12)17-9/h6,8,15H,4-5H2,1-3H3,(H2,12,13)(H,14,16). The summed E-state index contributed by atoms with van der Waals surface area (Å²) in [6.45, 7) is 5.78. The fourth-order valence-corrected chi connectivity index (χ4v) is 2.36. The van der Waals surface area contributed by atoms with Crippen molar-refractivity contribution in [3.8, 4) is 0 Å². The maximum atomic E-state index is 11.9. The fourth-order valence-electron chi connectivity index (χ4n) is 1.63. The van der Waals surface area contributed by atoms with Crippen LogP contribution in [0.2, 0.25) is 0 Å². The summed E-state index contributed by atoms with van der Waals surface area (Å²) in [5.74, 6) is 0.205. The Balaban J connectivity index is 2.67. The first-order chi connectivity index (χ1) is 7.93. The molecule has 0 spiro atoms. The number of hydrogen-bond acceptors (Lipinski definition) is 5. The zero-order chi connectivity index (χ0) is 13.0. The molecule has 0 aromatic carbocycles. The molecule has 1 aromatic rings. The zero-order valence-electron chi connectivity index (χ0n) is 10.4. The van der Waals surface area contributed by atoms with E-state index in [-0.39, 0.29) is 18.6 Å². The molecule has 0 aliphatic heterocycles. The van der Waals surface area contributed by atoms with Crippen LogP contribution in [0.4, 0.5) is 5.13 Å². The van der Waals surface area contributed by atoms with Gasteiger partial charge in [0.1, 0.15) is 4.88 Å². The number of nitrogens with two attached hydrogens (primary N) is 1. The molecule has 1 atom stereocenters. The lowest BCUT2D eigenvalue weighted by Gasteiger charge is -2.17. The highest BCUT2D eigenvalue weighted by Crippen LogP contribution is 2.19. The summed E-state index contributed by atoms with van der Waals surface area (Å²) in [7, 11) is 0. The lowest BCUT2D eigenvalue weighted by Crippen LogP contribution is -2.38. The third-order valence-electron chi connectivity index (χ3n) is 2.33. The molecule has 0 saturated carbocycles. The molecule has 0 radical (unpaired) electrons. The third kappa shape index (κ3) is 3.98. The predicted molar refractivity (Wildman–Crippen MR) is 69.1 cm³/mol. The van der Waals surface area contributed by atoms with Crippen molar-refractivity contribution in [2.75, 3.05) is 12.3 Å². The van der Waals surface area contributed by atoms with Crippen molar-refractivity contribution < 1.29 is 9.90 Å². The first-order valence-electron chi connectivity index (χ1n) is 5.58. The number of nitrogens with one attached hydrogen (secondary N) is 1. The van der Waals surface area contributed by atoms with Crippen LogP contribution in [-0.4, -0.2) is 28.6 Å². The molecule has 5 nitrogen and oxygen atoms in total. The number of aryl methyl sites for hydroxylation is 1. The number of carbonyl (C=O) groups is 1. The molecule has 0 fully saturated rings. The summed E-state index contributed by atoms with van der Waals surface area (Å²) >= 11 is 1.17. The van der Waals surface area contributed by atoms with Gasteiger partial charge in [0.15, 0.2) is 5.13 Å². The molecular weight excluding hydrogens is 238 g/mol. The van der Waals surface area contributed by atoms with Crippen LogP contribution in [0.5, 0.6) is 0 Å². The van der Waals surface area contributed by atoms with Gasteiger partial charge in [0.25, 0.3) is 5.91 Å². The van der Waals surface area contributed by atoms with Gasteiger partial charge in [0.05, 0.1) is 18.3 Å². The summed E-state index contributed by atoms with van der Waals surface area (Å²) < 4.78 is 0. The number of aliphatic hydroxyl groups is 1. The van der Waals surface area contributed by atoms with Crippen molar-refractivity contribution in [3.63, 3.8) is 0 Å². The number of rotatable bonds is 5. The molecule has 1 aromatic heterocycles. The summed E-state index contributed by atoms with van der Waals surface area (Å²) in [6, 6.07) is -0.217. The second-order valence-electron chi connectivity index (χ2n) is 4.45. The van der Waals surface area contributed by atoms with Crippen LogP contribution in [0.1, 0.15) is 35.6 Å². The first-order valence-corrected chi connectivity index (χ1v) is 6.40. The second kappa shape index (κ2) is 5.97. The Labute approximate surface area is 105 Å². The average molecular weight is 257 g/mol. The lowest BCUT2D eigenvalue weighted by molar-refractivity contribution is 0.0911. The van der Waals surface area contributed by atoms with Gasteiger partial charge < -0.3 is 16.2 Å². The van der Waals surface area contributed by atoms with Gasteiger partial charge in [-0.25, -0.2) is 4.98 Å². The van der Waals surface area contributed by atoms with Crippen molar-refractivity contribution in [2.24, 2.45) is 5.92 Å². The van der Waals surface area contributed by atoms with Crippen LogP contribution < -0.4 is 11.1 Å². The molecule has 0 aliphatic rings. The van der Waals surface area contributed by atoms with E-state index in [9.17, 15) is 9.90 Å². The molecule has 0 saturated heterocycles.